The Balaban J connectivity index is 2.68. The van der Waals surface area contributed by atoms with Crippen molar-refractivity contribution >= 4 is 12.0 Å². The molecule has 0 spiro atoms. The quantitative estimate of drug-likeness (QED) is 0.708. The van der Waals surface area contributed by atoms with Crippen molar-refractivity contribution in [3.05, 3.63) is 41.5 Å². The Bertz CT molecular complexity index is 338. The first kappa shape index (κ1) is 11.5. The molecule has 0 aliphatic heterocycles. The van der Waals surface area contributed by atoms with Crippen molar-refractivity contribution in [2.24, 2.45) is 0 Å². The molecule has 0 fully saturated rings. The first-order valence-electron chi connectivity index (χ1n) is 4.62. The van der Waals surface area contributed by atoms with E-state index >= 15 is 0 Å². The summed E-state index contributed by atoms with van der Waals surface area (Å²) in [5.41, 5.74) is 1.58. The number of hydrogen-bond acceptors (Lipinski definition) is 3. The first-order valence-corrected chi connectivity index (χ1v) is 4.62. The number of carbonyl (C=O) groups is 1. The minimum atomic E-state index is -0.317. The minimum Gasteiger partial charge on any atom is -0.465 e. The molecule has 0 saturated carbocycles. The zero-order valence-electron chi connectivity index (χ0n) is 8.90. The molecule has 0 N–H and O–H groups in total. The lowest BCUT2D eigenvalue weighted by Gasteiger charge is -1.99. The van der Waals surface area contributed by atoms with Gasteiger partial charge in [-0.05, 0) is 17.7 Å². The van der Waals surface area contributed by atoms with Crippen LogP contribution in [0, 0.1) is 0 Å². The number of methoxy groups -OCH3 is 2. The SMILES string of the molecule is COC/C=C/c1ccc(C(=O)OC)cc1. The Morgan fingerprint density at radius 2 is 1.93 bits per heavy atom. The summed E-state index contributed by atoms with van der Waals surface area (Å²) < 4.78 is 9.48. The number of carbonyl (C=O) groups excluding carboxylic acids is 1. The topological polar surface area (TPSA) is 35.5 Å². The van der Waals surface area contributed by atoms with Crippen LogP contribution in [0.25, 0.3) is 6.08 Å². The second kappa shape index (κ2) is 5.98. The summed E-state index contributed by atoms with van der Waals surface area (Å²) in [5.74, 6) is -0.317. The van der Waals surface area contributed by atoms with E-state index in [9.17, 15) is 4.79 Å². The number of esters is 1. The lowest BCUT2D eigenvalue weighted by atomic mass is 10.1. The molecule has 0 aliphatic carbocycles. The summed E-state index contributed by atoms with van der Waals surface area (Å²) in [5, 5.41) is 0. The number of benzene rings is 1. The fraction of sp³-hybridized carbons (Fsp3) is 0.250. The van der Waals surface area contributed by atoms with Gasteiger partial charge >= 0.3 is 5.97 Å². The Morgan fingerprint density at radius 3 is 2.47 bits per heavy atom. The predicted molar refractivity (Wildman–Crippen MR) is 58.7 cm³/mol. The van der Waals surface area contributed by atoms with Gasteiger partial charge in [-0.1, -0.05) is 24.3 Å². The van der Waals surface area contributed by atoms with Gasteiger partial charge in [0.2, 0.25) is 0 Å². The van der Waals surface area contributed by atoms with Crippen molar-refractivity contribution in [2.45, 2.75) is 0 Å². The fourth-order valence-corrected chi connectivity index (χ4v) is 1.13. The molecule has 80 valence electrons. The van der Waals surface area contributed by atoms with Gasteiger partial charge in [-0.2, -0.15) is 0 Å². The van der Waals surface area contributed by atoms with Gasteiger partial charge in [-0.15, -0.1) is 0 Å². The Kier molecular flexibility index (Phi) is 4.57. The number of rotatable bonds is 4. The first-order chi connectivity index (χ1) is 7.27. The Labute approximate surface area is 89.3 Å². The molecule has 0 aliphatic rings. The molecular weight excluding hydrogens is 192 g/mol. The van der Waals surface area contributed by atoms with Crippen LogP contribution in [0.15, 0.2) is 30.3 Å². The smallest absolute Gasteiger partial charge is 0.337 e. The van der Waals surface area contributed by atoms with E-state index in [-0.39, 0.29) is 5.97 Å². The van der Waals surface area contributed by atoms with Crippen LogP contribution >= 0.6 is 0 Å². The molecule has 0 bridgehead atoms. The fourth-order valence-electron chi connectivity index (χ4n) is 1.13. The molecule has 0 unspecified atom stereocenters. The van der Waals surface area contributed by atoms with Crippen LogP contribution in [0.2, 0.25) is 0 Å². The summed E-state index contributed by atoms with van der Waals surface area (Å²) in [4.78, 5) is 11.1. The molecular formula is C12H14O3. The van der Waals surface area contributed by atoms with Gasteiger partial charge in [0, 0.05) is 7.11 Å². The van der Waals surface area contributed by atoms with Gasteiger partial charge in [0.15, 0.2) is 0 Å². The summed E-state index contributed by atoms with van der Waals surface area (Å²) in [7, 11) is 3.01. The highest BCUT2D eigenvalue weighted by atomic mass is 16.5. The summed E-state index contributed by atoms with van der Waals surface area (Å²) in [6, 6.07) is 7.19. The molecule has 0 atom stereocenters. The van der Waals surface area contributed by atoms with Gasteiger partial charge in [-0.25, -0.2) is 4.79 Å². The van der Waals surface area contributed by atoms with Crippen LogP contribution in [0.3, 0.4) is 0 Å². The average Bonchev–Trinajstić information content (AvgIpc) is 2.29. The Morgan fingerprint density at radius 1 is 1.27 bits per heavy atom. The molecule has 0 heterocycles. The van der Waals surface area contributed by atoms with E-state index in [4.69, 9.17) is 4.74 Å². The van der Waals surface area contributed by atoms with E-state index in [1.54, 1.807) is 19.2 Å². The monoisotopic (exact) mass is 206 g/mol. The maximum atomic E-state index is 11.1. The van der Waals surface area contributed by atoms with Crippen molar-refractivity contribution in [3.63, 3.8) is 0 Å². The lowest BCUT2D eigenvalue weighted by Crippen LogP contribution is -2.00. The predicted octanol–water partition coefficient (Wildman–Crippen LogP) is 2.13. The normalized spacial score (nSPS) is 10.5. The highest BCUT2D eigenvalue weighted by molar-refractivity contribution is 5.89. The maximum absolute atomic E-state index is 11.1. The third kappa shape index (κ3) is 3.56. The standard InChI is InChI=1S/C12H14O3/c1-14-9-3-4-10-5-7-11(8-6-10)12(13)15-2/h3-8H,9H2,1-2H3/b4-3+. The molecule has 1 rings (SSSR count). The van der Waals surface area contributed by atoms with Crippen LogP contribution < -0.4 is 0 Å². The van der Waals surface area contributed by atoms with E-state index in [0.717, 1.165) is 5.56 Å². The van der Waals surface area contributed by atoms with E-state index in [1.165, 1.54) is 7.11 Å². The second-order valence-corrected chi connectivity index (χ2v) is 2.97. The molecule has 3 nitrogen and oxygen atoms in total. The highest BCUT2D eigenvalue weighted by Crippen LogP contribution is 2.07. The third-order valence-corrected chi connectivity index (χ3v) is 1.90. The molecule has 0 aromatic heterocycles. The van der Waals surface area contributed by atoms with Crippen molar-refractivity contribution in [1.82, 2.24) is 0 Å². The van der Waals surface area contributed by atoms with Crippen molar-refractivity contribution in [3.8, 4) is 0 Å². The van der Waals surface area contributed by atoms with Crippen molar-refractivity contribution in [1.29, 1.82) is 0 Å². The minimum absolute atomic E-state index is 0.317. The molecule has 0 saturated heterocycles. The molecule has 15 heavy (non-hydrogen) atoms. The van der Waals surface area contributed by atoms with E-state index < -0.39 is 0 Å². The zero-order valence-corrected chi connectivity index (χ0v) is 8.90. The van der Waals surface area contributed by atoms with Crippen LogP contribution in [0.1, 0.15) is 15.9 Å². The molecule has 0 amide bonds. The van der Waals surface area contributed by atoms with Crippen LogP contribution in [0.4, 0.5) is 0 Å². The molecule has 1 aromatic carbocycles. The maximum Gasteiger partial charge on any atom is 0.337 e. The third-order valence-electron chi connectivity index (χ3n) is 1.90. The van der Waals surface area contributed by atoms with E-state index in [2.05, 4.69) is 4.74 Å². The average molecular weight is 206 g/mol. The van der Waals surface area contributed by atoms with Crippen molar-refractivity contribution < 1.29 is 14.3 Å². The summed E-state index contributed by atoms with van der Waals surface area (Å²) in [6.45, 7) is 0.582. The zero-order chi connectivity index (χ0) is 11.1. The van der Waals surface area contributed by atoms with Gasteiger partial charge in [0.1, 0.15) is 0 Å². The molecule has 1 aromatic rings. The van der Waals surface area contributed by atoms with Crippen molar-refractivity contribution in [2.75, 3.05) is 20.8 Å². The van der Waals surface area contributed by atoms with E-state index in [1.807, 2.05) is 24.3 Å². The van der Waals surface area contributed by atoms with Crippen LogP contribution in [0.5, 0.6) is 0 Å². The van der Waals surface area contributed by atoms with Crippen LogP contribution in [-0.2, 0) is 9.47 Å². The van der Waals surface area contributed by atoms with Gasteiger partial charge in [-0.3, -0.25) is 0 Å². The summed E-state index contributed by atoms with van der Waals surface area (Å²) >= 11 is 0. The van der Waals surface area contributed by atoms with Gasteiger partial charge in [0.25, 0.3) is 0 Å². The molecule has 3 heteroatoms. The van der Waals surface area contributed by atoms with Gasteiger partial charge < -0.3 is 9.47 Å². The second-order valence-electron chi connectivity index (χ2n) is 2.97. The number of hydrogen-bond donors (Lipinski definition) is 0. The highest BCUT2D eigenvalue weighted by Gasteiger charge is 2.02. The lowest BCUT2D eigenvalue weighted by molar-refractivity contribution is 0.0601. The Hall–Kier alpha value is -1.61. The van der Waals surface area contributed by atoms with E-state index in [0.29, 0.717) is 12.2 Å². The molecule has 0 radical (unpaired) electrons. The summed E-state index contributed by atoms with van der Waals surface area (Å²) in [6.07, 6.45) is 3.84. The largest absolute Gasteiger partial charge is 0.465 e. The number of ether oxygens (including phenoxy) is 2. The van der Waals surface area contributed by atoms with Gasteiger partial charge in [0.05, 0.1) is 19.3 Å². The van der Waals surface area contributed by atoms with Crippen LogP contribution in [-0.4, -0.2) is 26.8 Å².